The van der Waals surface area contributed by atoms with Crippen molar-refractivity contribution in [2.45, 2.75) is 12.8 Å². The second-order valence-electron chi connectivity index (χ2n) is 3.26. The monoisotopic (exact) mass is 301 g/mol. The van der Waals surface area contributed by atoms with Crippen LogP contribution in [-0.4, -0.2) is 31.5 Å². The second kappa shape index (κ2) is 5.88. The molecule has 0 saturated heterocycles. The molecule has 0 spiro atoms. The zero-order chi connectivity index (χ0) is 15.5. The molecule has 0 unspecified atom stereocenters. The number of esters is 1. The minimum absolute atomic E-state index is 0.595. The van der Waals surface area contributed by atoms with Gasteiger partial charge in [0, 0.05) is 6.20 Å². The molecule has 0 bridgehead atoms. The van der Waals surface area contributed by atoms with Gasteiger partial charge in [-0.2, -0.15) is 0 Å². The molecule has 0 atom stereocenters. The Morgan fingerprint density at radius 1 is 1.30 bits per heavy atom. The molecule has 1 heterocycles. The first kappa shape index (κ1) is 15.9. The van der Waals surface area contributed by atoms with Crippen LogP contribution >= 0.6 is 0 Å². The van der Waals surface area contributed by atoms with Gasteiger partial charge in [0.05, 0.1) is 14.2 Å². The van der Waals surface area contributed by atoms with Crippen molar-refractivity contribution in [3.63, 3.8) is 0 Å². The van der Waals surface area contributed by atoms with Gasteiger partial charge in [0.2, 0.25) is 5.88 Å². The largest absolute Gasteiger partial charge is 0.573 e. The SMILES string of the molecule is COC(=O)c1cnc(OC)c(C(F)F)c1OC(F)(F)F. The van der Waals surface area contributed by atoms with E-state index in [-0.39, 0.29) is 0 Å². The maximum Gasteiger partial charge on any atom is 0.573 e. The Balaban J connectivity index is 3.54. The number of halogens is 5. The summed E-state index contributed by atoms with van der Waals surface area (Å²) in [4.78, 5) is 14.6. The molecule has 0 fully saturated rings. The van der Waals surface area contributed by atoms with Gasteiger partial charge in [-0.3, -0.25) is 0 Å². The number of carbonyl (C=O) groups excluding carboxylic acids is 1. The van der Waals surface area contributed by atoms with Gasteiger partial charge in [-0.15, -0.1) is 13.2 Å². The molecule has 1 aromatic rings. The van der Waals surface area contributed by atoms with E-state index in [0.29, 0.717) is 6.20 Å². The number of aromatic nitrogens is 1. The average molecular weight is 301 g/mol. The molecule has 0 saturated carbocycles. The number of rotatable bonds is 4. The topological polar surface area (TPSA) is 57.7 Å². The summed E-state index contributed by atoms with van der Waals surface area (Å²) in [5.41, 5.74) is -2.17. The highest BCUT2D eigenvalue weighted by molar-refractivity contribution is 5.93. The molecular weight excluding hydrogens is 293 g/mol. The summed E-state index contributed by atoms with van der Waals surface area (Å²) < 4.78 is 74.7. The molecule has 1 aromatic heterocycles. The third-order valence-corrected chi connectivity index (χ3v) is 2.07. The van der Waals surface area contributed by atoms with Crippen LogP contribution in [0.3, 0.4) is 0 Å². The van der Waals surface area contributed by atoms with Crippen LogP contribution in [0, 0.1) is 0 Å². The van der Waals surface area contributed by atoms with Crippen molar-refractivity contribution in [3.05, 3.63) is 17.3 Å². The lowest BCUT2D eigenvalue weighted by molar-refractivity contribution is -0.275. The summed E-state index contributed by atoms with van der Waals surface area (Å²) in [5.74, 6) is -3.49. The molecule has 0 aliphatic carbocycles. The van der Waals surface area contributed by atoms with E-state index in [1.807, 2.05) is 0 Å². The van der Waals surface area contributed by atoms with Gasteiger partial charge in [-0.05, 0) is 0 Å². The lowest BCUT2D eigenvalue weighted by atomic mass is 10.1. The fourth-order valence-corrected chi connectivity index (χ4v) is 1.33. The molecule has 0 aliphatic heterocycles. The van der Waals surface area contributed by atoms with Gasteiger partial charge in [-0.1, -0.05) is 0 Å². The lowest BCUT2D eigenvalue weighted by Crippen LogP contribution is -2.21. The van der Waals surface area contributed by atoms with E-state index >= 15 is 0 Å². The summed E-state index contributed by atoms with van der Waals surface area (Å²) in [6.45, 7) is 0. The fraction of sp³-hybridized carbons (Fsp3) is 0.400. The minimum Gasteiger partial charge on any atom is -0.481 e. The van der Waals surface area contributed by atoms with Gasteiger partial charge in [0.1, 0.15) is 11.1 Å². The van der Waals surface area contributed by atoms with Crippen molar-refractivity contribution in [1.29, 1.82) is 0 Å². The second-order valence-corrected chi connectivity index (χ2v) is 3.26. The quantitative estimate of drug-likeness (QED) is 0.632. The van der Waals surface area contributed by atoms with Crippen LogP contribution in [-0.2, 0) is 4.74 Å². The Bertz CT molecular complexity index is 503. The molecule has 1 rings (SSSR count). The summed E-state index contributed by atoms with van der Waals surface area (Å²) in [7, 11) is 1.80. The van der Waals surface area contributed by atoms with E-state index in [1.165, 1.54) is 0 Å². The number of pyridine rings is 1. The molecule has 0 N–H and O–H groups in total. The van der Waals surface area contributed by atoms with Crippen LogP contribution in [0.4, 0.5) is 22.0 Å². The maximum absolute atomic E-state index is 12.9. The van der Waals surface area contributed by atoms with Crippen LogP contribution in [0.15, 0.2) is 6.20 Å². The maximum atomic E-state index is 12.9. The fourth-order valence-electron chi connectivity index (χ4n) is 1.33. The lowest BCUT2D eigenvalue weighted by Gasteiger charge is -2.17. The van der Waals surface area contributed by atoms with E-state index in [0.717, 1.165) is 14.2 Å². The highest BCUT2D eigenvalue weighted by atomic mass is 19.4. The summed E-state index contributed by atoms with van der Waals surface area (Å²) in [6, 6.07) is 0. The Morgan fingerprint density at radius 2 is 1.90 bits per heavy atom. The Hall–Kier alpha value is -2.13. The number of methoxy groups -OCH3 is 2. The molecule has 0 aromatic carbocycles. The van der Waals surface area contributed by atoms with Crippen molar-refractivity contribution >= 4 is 5.97 Å². The molecular formula is C10H8F5NO4. The third kappa shape index (κ3) is 3.45. The summed E-state index contributed by atoms with van der Waals surface area (Å²) in [6.07, 6.45) is -8.09. The molecule has 112 valence electrons. The predicted octanol–water partition coefficient (Wildman–Crippen LogP) is 2.71. The molecule has 0 aliphatic rings. The highest BCUT2D eigenvalue weighted by Crippen LogP contribution is 2.40. The number of hydrogen-bond acceptors (Lipinski definition) is 5. The molecule has 0 radical (unpaired) electrons. The molecule has 0 amide bonds. The Morgan fingerprint density at radius 3 is 2.30 bits per heavy atom. The van der Waals surface area contributed by atoms with E-state index in [2.05, 4.69) is 19.2 Å². The molecule has 5 nitrogen and oxygen atoms in total. The van der Waals surface area contributed by atoms with Crippen LogP contribution in [0.5, 0.6) is 11.6 Å². The van der Waals surface area contributed by atoms with Crippen LogP contribution in [0.25, 0.3) is 0 Å². The zero-order valence-corrected chi connectivity index (χ0v) is 10.1. The van der Waals surface area contributed by atoms with Crippen molar-refractivity contribution in [2.75, 3.05) is 14.2 Å². The van der Waals surface area contributed by atoms with Crippen LogP contribution in [0.2, 0.25) is 0 Å². The average Bonchev–Trinajstić information content (AvgIpc) is 2.34. The van der Waals surface area contributed by atoms with Crippen LogP contribution in [0.1, 0.15) is 22.3 Å². The first-order valence-electron chi connectivity index (χ1n) is 4.90. The number of alkyl halides is 5. The number of hydrogen-bond donors (Lipinski definition) is 0. The highest BCUT2D eigenvalue weighted by Gasteiger charge is 2.38. The Labute approximate surface area is 109 Å². The number of ether oxygens (including phenoxy) is 3. The smallest absolute Gasteiger partial charge is 0.481 e. The first-order chi connectivity index (χ1) is 9.21. The minimum atomic E-state index is -5.28. The molecule has 20 heavy (non-hydrogen) atoms. The third-order valence-electron chi connectivity index (χ3n) is 2.07. The summed E-state index contributed by atoms with van der Waals surface area (Å²) >= 11 is 0. The standard InChI is InChI=1S/C10H8F5NO4/c1-18-8-5(7(11)12)6(20-10(13,14)15)4(3-16-8)9(17)19-2/h3,7H,1-2H3. The van der Waals surface area contributed by atoms with E-state index in [4.69, 9.17) is 0 Å². The van der Waals surface area contributed by atoms with Crippen molar-refractivity contribution in [2.24, 2.45) is 0 Å². The van der Waals surface area contributed by atoms with Gasteiger partial charge >= 0.3 is 12.3 Å². The number of nitrogens with zero attached hydrogens (tertiary/aromatic N) is 1. The van der Waals surface area contributed by atoms with E-state index < -0.39 is 41.5 Å². The zero-order valence-electron chi connectivity index (χ0n) is 10.1. The van der Waals surface area contributed by atoms with Crippen molar-refractivity contribution in [3.8, 4) is 11.6 Å². The normalized spacial score (nSPS) is 11.4. The Kier molecular flexibility index (Phi) is 4.69. The van der Waals surface area contributed by atoms with E-state index in [9.17, 15) is 26.7 Å². The van der Waals surface area contributed by atoms with E-state index in [1.54, 1.807) is 0 Å². The van der Waals surface area contributed by atoms with Gasteiger partial charge in [-0.25, -0.2) is 18.6 Å². The first-order valence-corrected chi connectivity index (χ1v) is 4.90. The predicted molar refractivity (Wildman–Crippen MR) is 53.8 cm³/mol. The summed E-state index contributed by atoms with van der Waals surface area (Å²) in [5, 5.41) is 0. The van der Waals surface area contributed by atoms with Gasteiger partial charge < -0.3 is 14.2 Å². The van der Waals surface area contributed by atoms with Gasteiger partial charge in [0.25, 0.3) is 6.43 Å². The number of carbonyl (C=O) groups is 1. The van der Waals surface area contributed by atoms with Gasteiger partial charge in [0.15, 0.2) is 5.75 Å². The molecule has 10 heteroatoms. The van der Waals surface area contributed by atoms with Crippen molar-refractivity contribution in [1.82, 2.24) is 4.98 Å². The van der Waals surface area contributed by atoms with Crippen molar-refractivity contribution < 1.29 is 41.0 Å². The van der Waals surface area contributed by atoms with Crippen LogP contribution < -0.4 is 9.47 Å².